The Labute approximate surface area is 124 Å². The number of aliphatic hydroxyl groups is 2. The van der Waals surface area contributed by atoms with Crippen LogP contribution in [0, 0.1) is 0 Å². The lowest BCUT2D eigenvalue weighted by molar-refractivity contribution is 0.253. The van der Waals surface area contributed by atoms with Gasteiger partial charge in [-0.1, -0.05) is 6.07 Å². The van der Waals surface area contributed by atoms with E-state index < -0.39 is 10.1 Å². The molecule has 0 amide bonds. The van der Waals surface area contributed by atoms with E-state index in [-0.39, 0.29) is 19.0 Å². The van der Waals surface area contributed by atoms with Gasteiger partial charge in [0.25, 0.3) is 10.1 Å². The summed E-state index contributed by atoms with van der Waals surface area (Å²) < 4.78 is 34.9. The molecular weight excluding hydrogens is 298 g/mol. The summed E-state index contributed by atoms with van der Waals surface area (Å²) in [4.78, 5) is 0. The monoisotopic (exact) mass is 319 g/mol. The second-order valence-electron chi connectivity index (χ2n) is 4.57. The second kappa shape index (κ2) is 8.30. The van der Waals surface area contributed by atoms with Gasteiger partial charge in [0.05, 0.1) is 26.1 Å². The van der Waals surface area contributed by atoms with Gasteiger partial charge in [-0.15, -0.1) is 0 Å². The molecule has 0 aromatic heterocycles. The molecule has 8 heteroatoms. The van der Waals surface area contributed by atoms with Crippen LogP contribution >= 0.6 is 0 Å². The van der Waals surface area contributed by atoms with E-state index in [1.165, 1.54) is 7.11 Å². The van der Waals surface area contributed by atoms with E-state index in [2.05, 4.69) is 5.32 Å². The Morgan fingerprint density at radius 3 is 2.48 bits per heavy atom. The van der Waals surface area contributed by atoms with Crippen molar-refractivity contribution in [3.05, 3.63) is 28.8 Å². The zero-order valence-electron chi connectivity index (χ0n) is 11.9. The number of aliphatic hydroxyl groups excluding tert-OH is 2. The highest BCUT2D eigenvalue weighted by molar-refractivity contribution is 7.85. The molecule has 0 saturated carbocycles. The molecule has 4 N–H and O–H groups in total. The van der Waals surface area contributed by atoms with Crippen molar-refractivity contribution in [1.82, 2.24) is 5.32 Å². The van der Waals surface area contributed by atoms with Gasteiger partial charge in [-0.05, 0) is 30.2 Å². The topological polar surface area (TPSA) is 116 Å². The molecule has 0 aliphatic rings. The fraction of sp³-hybridized carbons (Fsp3) is 0.538. The smallest absolute Gasteiger partial charge is 0.264 e. The molecule has 0 heterocycles. The molecule has 0 unspecified atom stereocenters. The van der Waals surface area contributed by atoms with Crippen molar-refractivity contribution in [1.29, 1.82) is 0 Å². The van der Waals surface area contributed by atoms with E-state index in [0.29, 0.717) is 36.4 Å². The third-order valence-electron chi connectivity index (χ3n) is 2.99. The quantitative estimate of drug-likeness (QED) is 0.375. The van der Waals surface area contributed by atoms with Gasteiger partial charge in [-0.25, -0.2) is 0 Å². The third-order valence-corrected chi connectivity index (χ3v) is 3.80. The number of ether oxygens (including phenoxy) is 1. The molecule has 1 aromatic rings. The van der Waals surface area contributed by atoms with E-state index in [1.807, 2.05) is 0 Å². The average Bonchev–Trinajstić information content (AvgIpc) is 2.44. The molecule has 0 bridgehead atoms. The maximum Gasteiger partial charge on any atom is 0.264 e. The van der Waals surface area contributed by atoms with Crippen molar-refractivity contribution in [2.24, 2.45) is 0 Å². The molecule has 21 heavy (non-hydrogen) atoms. The minimum Gasteiger partial charge on any atom is -0.496 e. The molecule has 0 aliphatic carbocycles. The Hall–Kier alpha value is -1.19. The van der Waals surface area contributed by atoms with Gasteiger partial charge in [0.2, 0.25) is 0 Å². The molecule has 0 fully saturated rings. The van der Waals surface area contributed by atoms with Crippen molar-refractivity contribution in [2.75, 3.05) is 19.4 Å². The van der Waals surface area contributed by atoms with Crippen LogP contribution in [0.3, 0.4) is 0 Å². The summed E-state index contributed by atoms with van der Waals surface area (Å²) in [5.74, 6) is 0.216. The number of hydrogen-bond acceptors (Lipinski definition) is 6. The van der Waals surface area contributed by atoms with Gasteiger partial charge in [0.15, 0.2) is 0 Å². The SMILES string of the molecule is COc1cc(CNCCCS(=O)(=O)O)cc(CO)c1CO. The molecule has 1 aromatic carbocycles. The molecule has 0 aliphatic heterocycles. The lowest BCUT2D eigenvalue weighted by Gasteiger charge is -2.14. The summed E-state index contributed by atoms with van der Waals surface area (Å²) in [5, 5.41) is 21.6. The highest BCUT2D eigenvalue weighted by Crippen LogP contribution is 2.25. The largest absolute Gasteiger partial charge is 0.496 e. The van der Waals surface area contributed by atoms with Crippen molar-refractivity contribution in [3.8, 4) is 5.75 Å². The van der Waals surface area contributed by atoms with Crippen molar-refractivity contribution in [3.63, 3.8) is 0 Å². The van der Waals surface area contributed by atoms with Crippen LogP contribution in [0.25, 0.3) is 0 Å². The van der Waals surface area contributed by atoms with Gasteiger partial charge in [0, 0.05) is 12.1 Å². The first-order valence-corrected chi connectivity index (χ1v) is 8.08. The molecule has 7 nitrogen and oxygen atoms in total. The summed E-state index contributed by atoms with van der Waals surface area (Å²) in [5.41, 5.74) is 1.99. The number of nitrogens with one attached hydrogen (secondary N) is 1. The fourth-order valence-electron chi connectivity index (χ4n) is 1.98. The fourth-order valence-corrected chi connectivity index (χ4v) is 2.49. The molecule has 0 spiro atoms. The highest BCUT2D eigenvalue weighted by atomic mass is 32.2. The van der Waals surface area contributed by atoms with Crippen LogP contribution in [0.5, 0.6) is 5.75 Å². The standard InChI is InChI=1S/C13H21NO6S/c1-20-13-6-10(5-11(8-15)12(13)9-16)7-14-3-2-4-21(17,18)19/h5-6,14-16H,2-4,7-9H2,1H3,(H,17,18,19). The average molecular weight is 319 g/mol. The first kappa shape index (κ1) is 17.9. The summed E-state index contributed by atoms with van der Waals surface area (Å²) in [7, 11) is -2.44. The second-order valence-corrected chi connectivity index (χ2v) is 6.14. The van der Waals surface area contributed by atoms with Gasteiger partial charge in [-0.2, -0.15) is 8.42 Å². The number of methoxy groups -OCH3 is 1. The van der Waals surface area contributed by atoms with Gasteiger partial charge >= 0.3 is 0 Å². The number of benzene rings is 1. The molecule has 0 atom stereocenters. The molecule has 1 rings (SSSR count). The lowest BCUT2D eigenvalue weighted by Crippen LogP contribution is -2.18. The Morgan fingerprint density at radius 2 is 1.95 bits per heavy atom. The van der Waals surface area contributed by atoms with Crippen LogP contribution in [0.2, 0.25) is 0 Å². The van der Waals surface area contributed by atoms with Gasteiger partial charge in [-0.3, -0.25) is 4.55 Å². The maximum absolute atomic E-state index is 10.6. The lowest BCUT2D eigenvalue weighted by atomic mass is 10.0. The molecule has 0 radical (unpaired) electrons. The minimum atomic E-state index is -3.92. The van der Waals surface area contributed by atoms with E-state index >= 15 is 0 Å². The van der Waals surface area contributed by atoms with E-state index in [1.54, 1.807) is 12.1 Å². The highest BCUT2D eigenvalue weighted by Gasteiger charge is 2.10. The van der Waals surface area contributed by atoms with Crippen LogP contribution in [0.4, 0.5) is 0 Å². The third kappa shape index (κ3) is 5.98. The Bertz CT molecular complexity index is 533. The van der Waals surface area contributed by atoms with Gasteiger partial charge in [0.1, 0.15) is 5.75 Å². The van der Waals surface area contributed by atoms with Crippen molar-refractivity contribution < 1.29 is 27.9 Å². The first-order valence-electron chi connectivity index (χ1n) is 6.47. The Kier molecular flexibility index (Phi) is 7.06. The predicted molar refractivity (Wildman–Crippen MR) is 77.6 cm³/mol. The predicted octanol–water partition coefficient (Wildman–Crippen LogP) is 0.0473. The maximum atomic E-state index is 10.6. The van der Waals surface area contributed by atoms with Crippen LogP contribution in [0.1, 0.15) is 23.1 Å². The van der Waals surface area contributed by atoms with E-state index in [0.717, 1.165) is 5.56 Å². The van der Waals surface area contributed by atoms with Gasteiger partial charge < -0.3 is 20.3 Å². The zero-order chi connectivity index (χ0) is 15.9. The molecular formula is C13H21NO6S. The summed E-state index contributed by atoms with van der Waals surface area (Å²) in [6.07, 6.45) is 0.303. The van der Waals surface area contributed by atoms with Crippen molar-refractivity contribution >= 4 is 10.1 Å². The minimum absolute atomic E-state index is 0.206. The van der Waals surface area contributed by atoms with E-state index in [4.69, 9.17) is 9.29 Å². The summed E-state index contributed by atoms with van der Waals surface area (Å²) in [6, 6.07) is 3.50. The number of rotatable bonds is 9. The van der Waals surface area contributed by atoms with Crippen LogP contribution in [-0.2, 0) is 29.9 Å². The van der Waals surface area contributed by atoms with E-state index in [9.17, 15) is 18.6 Å². The molecule has 120 valence electrons. The van der Waals surface area contributed by atoms with Crippen LogP contribution in [-0.4, -0.2) is 42.6 Å². The summed E-state index contributed by atoms with van der Waals surface area (Å²) in [6.45, 7) is 0.461. The Morgan fingerprint density at radius 1 is 1.24 bits per heavy atom. The van der Waals surface area contributed by atoms with Crippen LogP contribution < -0.4 is 10.1 Å². The summed E-state index contributed by atoms with van der Waals surface area (Å²) >= 11 is 0. The molecule has 0 saturated heterocycles. The zero-order valence-corrected chi connectivity index (χ0v) is 12.7. The first-order chi connectivity index (χ1) is 9.91. The normalized spacial score (nSPS) is 11.6. The van der Waals surface area contributed by atoms with Crippen LogP contribution in [0.15, 0.2) is 12.1 Å². The number of hydrogen-bond donors (Lipinski definition) is 4. The Balaban J connectivity index is 2.63. The van der Waals surface area contributed by atoms with Crippen molar-refractivity contribution in [2.45, 2.75) is 26.2 Å².